The number of guanidine groups is 1. The first-order valence-electron chi connectivity index (χ1n) is 9.69. The van der Waals surface area contributed by atoms with Gasteiger partial charge < -0.3 is 15.4 Å². The number of nitrogens with zero attached hydrogens (tertiary/aromatic N) is 4. The Kier molecular flexibility index (Phi) is 6.37. The van der Waals surface area contributed by atoms with Gasteiger partial charge in [0, 0.05) is 19.8 Å². The van der Waals surface area contributed by atoms with E-state index in [4.69, 9.17) is 4.74 Å². The Hall–Kier alpha value is -3.30. The standard InChI is InChI=1S/C21H25F3N6O/c1-20(2,3)31-15-9-8-14(16(11-15)21(22,23)24)12-26-19(25-4)27-13-18-29-28-17-7-5-6-10-30(17)18/h5-11H,12-13H2,1-4H3,(H2,25,26,27). The maximum absolute atomic E-state index is 13.6. The Bertz CT molecular complexity index is 1070. The molecule has 1 aromatic carbocycles. The van der Waals surface area contributed by atoms with Crippen molar-refractivity contribution in [1.82, 2.24) is 25.2 Å². The number of hydrogen-bond acceptors (Lipinski definition) is 4. The largest absolute Gasteiger partial charge is 0.488 e. The van der Waals surface area contributed by atoms with Crippen molar-refractivity contribution in [3.63, 3.8) is 0 Å². The summed E-state index contributed by atoms with van der Waals surface area (Å²) in [6.07, 6.45) is -2.68. The SMILES string of the molecule is CN=C(NCc1ccc(OC(C)(C)C)cc1C(F)(F)F)NCc1nnc2ccccn12. The van der Waals surface area contributed by atoms with Gasteiger partial charge in [0.2, 0.25) is 0 Å². The maximum atomic E-state index is 13.6. The van der Waals surface area contributed by atoms with E-state index in [2.05, 4.69) is 25.8 Å². The van der Waals surface area contributed by atoms with Crippen molar-refractivity contribution in [1.29, 1.82) is 0 Å². The van der Waals surface area contributed by atoms with Gasteiger partial charge in [-0.2, -0.15) is 13.2 Å². The van der Waals surface area contributed by atoms with Crippen LogP contribution >= 0.6 is 0 Å². The minimum atomic E-state index is -4.51. The van der Waals surface area contributed by atoms with Crippen molar-refractivity contribution in [2.75, 3.05) is 7.05 Å². The van der Waals surface area contributed by atoms with Crippen LogP contribution in [0.2, 0.25) is 0 Å². The first kappa shape index (κ1) is 22.4. The van der Waals surface area contributed by atoms with Crippen molar-refractivity contribution in [2.24, 2.45) is 4.99 Å². The van der Waals surface area contributed by atoms with E-state index < -0.39 is 17.3 Å². The van der Waals surface area contributed by atoms with Crippen LogP contribution in [-0.2, 0) is 19.3 Å². The van der Waals surface area contributed by atoms with Crippen molar-refractivity contribution in [3.05, 3.63) is 59.5 Å². The second kappa shape index (κ2) is 8.83. The molecule has 0 aliphatic heterocycles. The number of pyridine rings is 1. The van der Waals surface area contributed by atoms with Crippen molar-refractivity contribution >= 4 is 11.6 Å². The molecule has 0 aliphatic carbocycles. The normalized spacial score (nSPS) is 12.8. The van der Waals surface area contributed by atoms with Gasteiger partial charge in [-0.3, -0.25) is 9.39 Å². The van der Waals surface area contributed by atoms with Gasteiger partial charge in [-0.15, -0.1) is 10.2 Å². The number of halogens is 3. The summed E-state index contributed by atoms with van der Waals surface area (Å²) in [5, 5.41) is 14.1. The Morgan fingerprint density at radius 3 is 2.48 bits per heavy atom. The Morgan fingerprint density at radius 2 is 1.81 bits per heavy atom. The highest BCUT2D eigenvalue weighted by Gasteiger charge is 2.34. The molecular weight excluding hydrogens is 409 g/mol. The molecule has 166 valence electrons. The van der Waals surface area contributed by atoms with Gasteiger partial charge in [0.25, 0.3) is 0 Å². The van der Waals surface area contributed by atoms with Crippen molar-refractivity contribution in [3.8, 4) is 5.75 Å². The van der Waals surface area contributed by atoms with E-state index in [1.54, 1.807) is 27.8 Å². The fraction of sp³-hybridized carbons (Fsp3) is 0.381. The lowest BCUT2D eigenvalue weighted by Gasteiger charge is -2.23. The molecule has 0 saturated carbocycles. The van der Waals surface area contributed by atoms with Crippen LogP contribution in [-0.4, -0.2) is 33.2 Å². The zero-order chi connectivity index (χ0) is 22.6. The molecule has 0 amide bonds. The Labute approximate surface area is 178 Å². The summed E-state index contributed by atoms with van der Waals surface area (Å²) in [5.74, 6) is 1.17. The van der Waals surface area contributed by atoms with E-state index >= 15 is 0 Å². The first-order valence-corrected chi connectivity index (χ1v) is 9.69. The lowest BCUT2D eigenvalue weighted by Crippen LogP contribution is -2.37. The molecule has 0 unspecified atom stereocenters. The van der Waals surface area contributed by atoms with Crippen LogP contribution in [0, 0.1) is 0 Å². The van der Waals surface area contributed by atoms with Crippen LogP contribution in [0.25, 0.3) is 5.65 Å². The van der Waals surface area contributed by atoms with E-state index in [1.165, 1.54) is 12.1 Å². The molecule has 0 atom stereocenters. The predicted octanol–water partition coefficient (Wildman–Crippen LogP) is 3.79. The van der Waals surface area contributed by atoms with E-state index in [-0.39, 0.29) is 17.9 Å². The van der Waals surface area contributed by atoms with E-state index in [9.17, 15) is 13.2 Å². The third kappa shape index (κ3) is 5.87. The number of benzene rings is 1. The third-order valence-electron chi connectivity index (χ3n) is 4.28. The molecule has 10 heteroatoms. The predicted molar refractivity (Wildman–Crippen MR) is 112 cm³/mol. The molecule has 2 N–H and O–H groups in total. The number of hydrogen-bond donors (Lipinski definition) is 2. The maximum Gasteiger partial charge on any atom is 0.416 e. The molecular formula is C21H25F3N6O. The van der Waals surface area contributed by atoms with Crippen LogP contribution in [0.3, 0.4) is 0 Å². The fourth-order valence-corrected chi connectivity index (χ4v) is 2.96. The summed E-state index contributed by atoms with van der Waals surface area (Å²) >= 11 is 0. The molecule has 2 aromatic heterocycles. The van der Waals surface area contributed by atoms with Gasteiger partial charge in [0.15, 0.2) is 17.4 Å². The molecule has 31 heavy (non-hydrogen) atoms. The van der Waals surface area contributed by atoms with Crippen LogP contribution < -0.4 is 15.4 Å². The van der Waals surface area contributed by atoms with Crippen LogP contribution in [0.5, 0.6) is 5.75 Å². The van der Waals surface area contributed by atoms with Gasteiger partial charge in [-0.25, -0.2) is 0 Å². The number of fused-ring (bicyclic) bond motifs is 1. The molecule has 0 radical (unpaired) electrons. The summed E-state index contributed by atoms with van der Waals surface area (Å²) in [6.45, 7) is 5.58. The van der Waals surface area contributed by atoms with Gasteiger partial charge in [-0.05, 0) is 50.6 Å². The van der Waals surface area contributed by atoms with Gasteiger partial charge >= 0.3 is 6.18 Å². The Balaban J connectivity index is 1.69. The highest BCUT2D eigenvalue weighted by atomic mass is 19.4. The summed E-state index contributed by atoms with van der Waals surface area (Å²) in [6, 6.07) is 9.53. The second-order valence-electron chi connectivity index (χ2n) is 7.86. The quantitative estimate of drug-likeness (QED) is 0.472. The molecule has 3 rings (SSSR count). The number of alkyl halides is 3. The van der Waals surface area contributed by atoms with Crippen LogP contribution in [0.1, 0.15) is 37.7 Å². The molecule has 0 aliphatic rings. The summed E-state index contributed by atoms with van der Waals surface area (Å²) < 4.78 is 48.2. The molecule has 2 heterocycles. The molecule has 7 nitrogen and oxygen atoms in total. The number of ether oxygens (including phenoxy) is 1. The number of nitrogens with one attached hydrogen (secondary N) is 2. The van der Waals surface area contributed by atoms with Crippen molar-refractivity contribution in [2.45, 2.75) is 45.6 Å². The molecule has 0 spiro atoms. The average molecular weight is 434 g/mol. The smallest absolute Gasteiger partial charge is 0.416 e. The summed E-state index contributed by atoms with van der Waals surface area (Å²) in [4.78, 5) is 4.07. The van der Waals surface area contributed by atoms with Crippen LogP contribution in [0.4, 0.5) is 13.2 Å². The van der Waals surface area contributed by atoms with Crippen molar-refractivity contribution < 1.29 is 17.9 Å². The zero-order valence-corrected chi connectivity index (χ0v) is 17.8. The third-order valence-corrected chi connectivity index (χ3v) is 4.28. The lowest BCUT2D eigenvalue weighted by atomic mass is 10.1. The highest BCUT2D eigenvalue weighted by molar-refractivity contribution is 5.79. The summed E-state index contributed by atoms with van der Waals surface area (Å²) in [5.41, 5.74) is -0.555. The topological polar surface area (TPSA) is 75.8 Å². The monoisotopic (exact) mass is 434 g/mol. The Morgan fingerprint density at radius 1 is 1.06 bits per heavy atom. The molecule has 0 saturated heterocycles. The van der Waals surface area contributed by atoms with E-state index in [1.807, 2.05) is 28.8 Å². The highest BCUT2D eigenvalue weighted by Crippen LogP contribution is 2.35. The number of aromatic nitrogens is 3. The van der Waals surface area contributed by atoms with Gasteiger partial charge in [0.1, 0.15) is 11.4 Å². The molecule has 3 aromatic rings. The average Bonchev–Trinajstić information content (AvgIpc) is 3.10. The first-order chi connectivity index (χ1) is 14.6. The molecule has 0 bridgehead atoms. The minimum Gasteiger partial charge on any atom is -0.488 e. The fourth-order valence-electron chi connectivity index (χ4n) is 2.96. The number of rotatable bonds is 5. The van der Waals surface area contributed by atoms with Gasteiger partial charge in [0.05, 0.1) is 12.1 Å². The second-order valence-corrected chi connectivity index (χ2v) is 7.86. The molecule has 0 fully saturated rings. The number of aliphatic imine (C=N–C) groups is 1. The van der Waals surface area contributed by atoms with Gasteiger partial charge in [-0.1, -0.05) is 12.1 Å². The zero-order valence-electron chi connectivity index (χ0n) is 17.8. The van der Waals surface area contributed by atoms with Crippen LogP contribution in [0.15, 0.2) is 47.6 Å². The minimum absolute atomic E-state index is 0.0646. The lowest BCUT2D eigenvalue weighted by molar-refractivity contribution is -0.138. The summed E-state index contributed by atoms with van der Waals surface area (Å²) in [7, 11) is 1.54. The van der Waals surface area contributed by atoms with E-state index in [0.717, 1.165) is 6.07 Å². The van der Waals surface area contributed by atoms with E-state index in [0.29, 0.717) is 24.0 Å².